The van der Waals surface area contributed by atoms with Gasteiger partial charge in [0, 0.05) is 6.20 Å². The van der Waals surface area contributed by atoms with Gasteiger partial charge in [0.05, 0.1) is 17.5 Å². The van der Waals surface area contributed by atoms with Gasteiger partial charge < -0.3 is 14.9 Å². The number of benzene rings is 1. The van der Waals surface area contributed by atoms with Gasteiger partial charge in [0.15, 0.2) is 11.5 Å². The number of aromatic carboxylic acids is 1. The molecule has 0 bridgehead atoms. The SMILES string of the molecule is O=C(O)c1ccc2ncc(COc3ccccc3O)n2c1. The summed E-state index contributed by atoms with van der Waals surface area (Å²) in [5.74, 6) is -0.586. The summed E-state index contributed by atoms with van der Waals surface area (Å²) in [7, 11) is 0. The lowest BCUT2D eigenvalue weighted by atomic mass is 10.3. The molecule has 0 saturated heterocycles. The highest BCUT2D eigenvalue weighted by molar-refractivity contribution is 5.87. The molecule has 3 rings (SSSR count). The first kappa shape index (κ1) is 13.0. The molecule has 3 aromatic rings. The topological polar surface area (TPSA) is 84.1 Å². The number of rotatable bonds is 4. The summed E-state index contributed by atoms with van der Waals surface area (Å²) in [6, 6.07) is 9.78. The van der Waals surface area contributed by atoms with Gasteiger partial charge in [-0.3, -0.25) is 4.40 Å². The first-order valence-corrected chi connectivity index (χ1v) is 6.25. The second-order valence-corrected chi connectivity index (χ2v) is 4.46. The first-order valence-electron chi connectivity index (χ1n) is 6.25. The number of ether oxygens (including phenoxy) is 1. The van der Waals surface area contributed by atoms with Crippen molar-refractivity contribution in [3.63, 3.8) is 0 Å². The van der Waals surface area contributed by atoms with Gasteiger partial charge in [0.1, 0.15) is 12.3 Å². The van der Waals surface area contributed by atoms with Crippen LogP contribution in [0.15, 0.2) is 48.8 Å². The van der Waals surface area contributed by atoms with E-state index in [1.54, 1.807) is 34.9 Å². The van der Waals surface area contributed by atoms with Crippen LogP contribution in [0.3, 0.4) is 0 Å². The van der Waals surface area contributed by atoms with Crippen molar-refractivity contribution in [2.24, 2.45) is 0 Å². The van der Waals surface area contributed by atoms with Crippen LogP contribution in [0, 0.1) is 0 Å². The lowest BCUT2D eigenvalue weighted by Gasteiger charge is -2.07. The Morgan fingerprint density at radius 2 is 2.05 bits per heavy atom. The highest BCUT2D eigenvalue weighted by Crippen LogP contribution is 2.25. The van der Waals surface area contributed by atoms with E-state index in [2.05, 4.69) is 4.98 Å². The van der Waals surface area contributed by atoms with Crippen LogP contribution in [-0.4, -0.2) is 25.6 Å². The molecule has 2 heterocycles. The molecule has 0 unspecified atom stereocenters. The van der Waals surface area contributed by atoms with Crippen LogP contribution in [0.4, 0.5) is 0 Å². The Kier molecular flexibility index (Phi) is 3.19. The molecule has 0 amide bonds. The Balaban J connectivity index is 1.89. The van der Waals surface area contributed by atoms with Gasteiger partial charge in [-0.25, -0.2) is 9.78 Å². The van der Waals surface area contributed by atoms with Gasteiger partial charge in [-0.1, -0.05) is 12.1 Å². The maximum atomic E-state index is 11.0. The fourth-order valence-electron chi connectivity index (χ4n) is 2.00. The predicted molar refractivity (Wildman–Crippen MR) is 74.6 cm³/mol. The van der Waals surface area contributed by atoms with Crippen molar-refractivity contribution >= 4 is 11.6 Å². The molecular weight excluding hydrogens is 272 g/mol. The van der Waals surface area contributed by atoms with Crippen molar-refractivity contribution in [1.82, 2.24) is 9.38 Å². The van der Waals surface area contributed by atoms with Crippen LogP contribution in [0.25, 0.3) is 5.65 Å². The van der Waals surface area contributed by atoms with Gasteiger partial charge in [0.2, 0.25) is 0 Å². The number of phenols is 1. The number of carboxylic acids is 1. The minimum atomic E-state index is -1.00. The Labute approximate surface area is 119 Å². The summed E-state index contributed by atoms with van der Waals surface area (Å²) in [6.45, 7) is 0.168. The number of phenolic OH excluding ortho intramolecular Hbond substituents is 1. The number of pyridine rings is 1. The standard InChI is InChI=1S/C15H12N2O4/c18-12-3-1-2-4-13(12)21-9-11-7-16-14-6-5-10(15(19)20)8-17(11)14/h1-8,18H,9H2,(H,19,20). The second-order valence-electron chi connectivity index (χ2n) is 4.46. The summed E-state index contributed by atoms with van der Waals surface area (Å²) in [6.07, 6.45) is 3.11. The molecule has 0 atom stereocenters. The van der Waals surface area contributed by atoms with Gasteiger partial charge in [-0.2, -0.15) is 0 Å². The van der Waals surface area contributed by atoms with E-state index in [4.69, 9.17) is 9.84 Å². The van der Waals surface area contributed by atoms with E-state index in [-0.39, 0.29) is 17.9 Å². The van der Waals surface area contributed by atoms with Crippen molar-refractivity contribution in [1.29, 1.82) is 0 Å². The average Bonchev–Trinajstić information content (AvgIpc) is 2.88. The molecule has 0 aliphatic heterocycles. The molecule has 6 heteroatoms. The number of para-hydroxylation sites is 2. The highest BCUT2D eigenvalue weighted by Gasteiger charge is 2.09. The fraction of sp³-hybridized carbons (Fsp3) is 0.0667. The van der Waals surface area contributed by atoms with Crippen LogP contribution < -0.4 is 4.74 Å². The molecule has 0 saturated carbocycles. The Bertz CT molecular complexity index is 810. The monoisotopic (exact) mass is 284 g/mol. The van der Waals surface area contributed by atoms with Crippen molar-refractivity contribution < 1.29 is 19.7 Å². The van der Waals surface area contributed by atoms with Crippen molar-refractivity contribution in [2.75, 3.05) is 0 Å². The summed E-state index contributed by atoms with van der Waals surface area (Å²) in [5.41, 5.74) is 1.50. The highest BCUT2D eigenvalue weighted by atomic mass is 16.5. The number of imidazole rings is 1. The van der Waals surface area contributed by atoms with Crippen LogP contribution in [-0.2, 0) is 6.61 Å². The number of carboxylic acid groups (broad SMARTS) is 1. The van der Waals surface area contributed by atoms with Gasteiger partial charge in [-0.05, 0) is 24.3 Å². The summed E-state index contributed by atoms with van der Waals surface area (Å²) >= 11 is 0. The minimum absolute atomic E-state index is 0.0533. The van der Waals surface area contributed by atoms with Gasteiger partial charge in [-0.15, -0.1) is 0 Å². The molecule has 0 aliphatic rings. The third kappa shape index (κ3) is 2.51. The number of aromatic hydroxyl groups is 1. The third-order valence-corrected chi connectivity index (χ3v) is 3.07. The van der Waals surface area contributed by atoms with E-state index in [0.29, 0.717) is 17.1 Å². The Morgan fingerprint density at radius 3 is 2.81 bits per heavy atom. The van der Waals surface area contributed by atoms with Gasteiger partial charge >= 0.3 is 5.97 Å². The molecule has 2 N–H and O–H groups in total. The largest absolute Gasteiger partial charge is 0.504 e. The van der Waals surface area contributed by atoms with Crippen LogP contribution in [0.2, 0.25) is 0 Å². The van der Waals surface area contributed by atoms with E-state index in [1.807, 2.05) is 0 Å². The molecule has 0 fully saturated rings. The number of nitrogens with zero attached hydrogens (tertiary/aromatic N) is 2. The van der Waals surface area contributed by atoms with E-state index in [0.717, 1.165) is 0 Å². The number of hydrogen-bond donors (Lipinski definition) is 2. The molecule has 1 aromatic carbocycles. The smallest absolute Gasteiger partial charge is 0.337 e. The number of carbonyl (C=O) groups is 1. The van der Waals surface area contributed by atoms with E-state index in [1.165, 1.54) is 18.3 Å². The van der Waals surface area contributed by atoms with Crippen LogP contribution >= 0.6 is 0 Å². The third-order valence-electron chi connectivity index (χ3n) is 3.07. The number of fused-ring (bicyclic) bond motifs is 1. The zero-order chi connectivity index (χ0) is 14.8. The average molecular weight is 284 g/mol. The van der Waals surface area contributed by atoms with Crippen molar-refractivity contribution in [3.05, 3.63) is 60.0 Å². The zero-order valence-corrected chi connectivity index (χ0v) is 10.9. The summed E-state index contributed by atoms with van der Waals surface area (Å²) < 4.78 is 7.19. The summed E-state index contributed by atoms with van der Waals surface area (Å²) in [5, 5.41) is 18.7. The van der Waals surface area contributed by atoms with E-state index >= 15 is 0 Å². The lowest BCUT2D eigenvalue weighted by Crippen LogP contribution is -2.03. The fourth-order valence-corrected chi connectivity index (χ4v) is 2.00. The lowest BCUT2D eigenvalue weighted by molar-refractivity contribution is 0.0696. The molecule has 0 spiro atoms. The molecule has 21 heavy (non-hydrogen) atoms. The first-order chi connectivity index (χ1) is 10.1. The van der Waals surface area contributed by atoms with E-state index in [9.17, 15) is 9.90 Å². The quantitative estimate of drug-likeness (QED) is 0.768. The normalized spacial score (nSPS) is 10.7. The zero-order valence-electron chi connectivity index (χ0n) is 10.9. The molecule has 106 valence electrons. The second kappa shape index (κ2) is 5.16. The van der Waals surface area contributed by atoms with Crippen molar-refractivity contribution in [2.45, 2.75) is 6.61 Å². The predicted octanol–water partition coefficient (Wildman–Crippen LogP) is 2.32. The molecular formula is C15H12N2O4. The molecule has 2 aromatic heterocycles. The molecule has 6 nitrogen and oxygen atoms in total. The Hall–Kier alpha value is -3.02. The maximum Gasteiger partial charge on any atom is 0.337 e. The summed E-state index contributed by atoms with van der Waals surface area (Å²) in [4.78, 5) is 15.2. The van der Waals surface area contributed by atoms with Crippen LogP contribution in [0.1, 0.15) is 16.1 Å². The van der Waals surface area contributed by atoms with Crippen molar-refractivity contribution in [3.8, 4) is 11.5 Å². The maximum absolute atomic E-state index is 11.0. The van der Waals surface area contributed by atoms with Gasteiger partial charge in [0.25, 0.3) is 0 Å². The molecule has 0 aliphatic carbocycles. The van der Waals surface area contributed by atoms with E-state index < -0.39 is 5.97 Å². The number of aromatic nitrogens is 2. The number of hydrogen-bond acceptors (Lipinski definition) is 4. The van der Waals surface area contributed by atoms with Crippen LogP contribution in [0.5, 0.6) is 11.5 Å². The minimum Gasteiger partial charge on any atom is -0.504 e. The Morgan fingerprint density at radius 1 is 1.24 bits per heavy atom. The molecule has 0 radical (unpaired) electrons.